The van der Waals surface area contributed by atoms with Crippen LogP contribution < -0.4 is 17.0 Å². The van der Waals surface area contributed by atoms with Crippen molar-refractivity contribution < 1.29 is 56.7 Å². The number of aromatic amines is 1. The van der Waals surface area contributed by atoms with Crippen molar-refractivity contribution in [3.05, 3.63) is 16.7 Å². The van der Waals surface area contributed by atoms with Crippen LogP contribution in [0.2, 0.25) is 0 Å². The van der Waals surface area contributed by atoms with Crippen LogP contribution in [-0.4, -0.2) is 131 Å². The summed E-state index contributed by atoms with van der Waals surface area (Å²) in [5, 5.41) is 22.2. The Bertz CT molecular complexity index is 1750. The molecule has 7 rings (SSSR count). The number of aliphatic imine (C=N–C) groups is 3. The van der Waals surface area contributed by atoms with Gasteiger partial charge < -0.3 is 45.8 Å². The number of amidine groups is 1. The summed E-state index contributed by atoms with van der Waals surface area (Å²) in [6, 6.07) is -0.691. The average Bonchev–Trinajstić information content (AvgIpc) is 3.72. The number of H-pyrrole nitrogens is 1. The van der Waals surface area contributed by atoms with Gasteiger partial charge in [0.15, 0.2) is 29.8 Å². The van der Waals surface area contributed by atoms with Gasteiger partial charge in [-0.25, -0.2) is 24.1 Å². The monoisotopic (exact) mass is 676 g/mol. The van der Waals surface area contributed by atoms with Gasteiger partial charge in [-0.2, -0.15) is 4.98 Å². The Morgan fingerprint density at radius 3 is 2.40 bits per heavy atom. The first-order valence-electron chi connectivity index (χ1n) is 13.2. The van der Waals surface area contributed by atoms with Crippen LogP contribution in [0.4, 0.5) is 5.95 Å². The number of nitrogens with zero attached hydrogens (tertiary/aromatic N) is 7. The van der Waals surface area contributed by atoms with Crippen LogP contribution in [0.5, 0.6) is 0 Å². The van der Waals surface area contributed by atoms with Gasteiger partial charge in [-0.05, 0) is 0 Å². The Balaban J connectivity index is 1.17. The summed E-state index contributed by atoms with van der Waals surface area (Å²) < 4.78 is 59.9. The first-order chi connectivity index (χ1) is 21.3. The molecule has 0 radical (unpaired) electrons. The van der Waals surface area contributed by atoms with E-state index in [4.69, 9.17) is 39.0 Å². The number of hydrogen-bond acceptors (Lipinski definition) is 19. The minimum absolute atomic E-state index is 0.125. The minimum atomic E-state index is -5.10. The highest BCUT2D eigenvalue weighted by molar-refractivity contribution is 7.47. The molecule has 6 unspecified atom stereocenters. The van der Waals surface area contributed by atoms with Crippen LogP contribution in [0.1, 0.15) is 6.23 Å². The molecular weight excluding hydrogens is 650 g/mol. The van der Waals surface area contributed by atoms with E-state index in [0.717, 1.165) is 10.9 Å². The second-order valence-electron chi connectivity index (χ2n) is 10.4. The Labute approximate surface area is 250 Å². The number of anilines is 1. The molecule has 25 heteroatoms. The van der Waals surface area contributed by atoms with E-state index >= 15 is 0 Å². The number of aromatic nitrogens is 4. The number of nitrogen functional groups attached to an aromatic ring is 1. The molecule has 45 heavy (non-hydrogen) atoms. The molecule has 23 nitrogen and oxygen atoms in total. The van der Waals surface area contributed by atoms with Crippen molar-refractivity contribution >= 4 is 51.3 Å². The number of nitrogens with one attached hydrogen (secondary N) is 1. The number of aliphatic hydroxyl groups is 2. The van der Waals surface area contributed by atoms with Gasteiger partial charge in [-0.3, -0.25) is 37.4 Å². The molecule has 3 fully saturated rings. The molecule has 0 spiro atoms. The first-order valence-corrected chi connectivity index (χ1v) is 16.2. The van der Waals surface area contributed by atoms with Crippen LogP contribution in [-0.2, 0) is 36.7 Å². The summed E-state index contributed by atoms with van der Waals surface area (Å²) in [4.78, 5) is 57.5. The molecule has 2 aromatic rings. The maximum absolute atomic E-state index is 13.2. The van der Waals surface area contributed by atoms with E-state index in [-0.39, 0.29) is 22.9 Å². The van der Waals surface area contributed by atoms with Gasteiger partial charge in [0.25, 0.3) is 5.56 Å². The molecule has 0 aliphatic carbocycles. The molecule has 2 bridgehead atoms. The summed E-state index contributed by atoms with van der Waals surface area (Å²) in [6.07, 6.45) is -9.69. The standard InChI is InChI=1S/C20H26N10O13P2/c21-14-8-15(24-3-23-14)29(4-25-8)18-11(32)12-7(41-18)2-39-45(36,37)43-13-10(31)6(1-38-44(34,35)42-12)40-19(13)30-5-26-9-16(30)27-20(22)28-17(9)33/h3-8,10-13,15,18-19,31-32H,1-2H2,(H,34,35)(H,36,37)(H2,21,23,24)(H3,22,27,28,33)/t6-,7-,8?,10?,11?,12+,13+,15?,18-,19-/m1/s1. The van der Waals surface area contributed by atoms with E-state index < -0.39 is 95.7 Å². The predicted octanol–water partition coefficient (Wildman–Crippen LogP) is -3.50. The minimum Gasteiger partial charge on any atom is -0.387 e. The third-order valence-corrected chi connectivity index (χ3v) is 9.60. The van der Waals surface area contributed by atoms with Crippen molar-refractivity contribution in [3.8, 4) is 0 Å². The van der Waals surface area contributed by atoms with Gasteiger partial charge >= 0.3 is 15.6 Å². The summed E-state index contributed by atoms with van der Waals surface area (Å²) >= 11 is 0. The summed E-state index contributed by atoms with van der Waals surface area (Å²) in [7, 11) is -10.2. The van der Waals surface area contributed by atoms with Crippen molar-refractivity contribution in [2.24, 2.45) is 20.7 Å². The fraction of sp³-hybridized carbons (Fsp3) is 0.600. The van der Waals surface area contributed by atoms with Crippen molar-refractivity contribution in [3.63, 3.8) is 0 Å². The van der Waals surface area contributed by atoms with E-state index in [0.29, 0.717) is 0 Å². The smallest absolute Gasteiger partial charge is 0.387 e. The number of aliphatic hydroxyl groups excluding tert-OH is 2. The highest BCUT2D eigenvalue weighted by Crippen LogP contribution is 2.53. The molecule has 0 aromatic carbocycles. The predicted molar refractivity (Wildman–Crippen MR) is 146 cm³/mol. The lowest BCUT2D eigenvalue weighted by atomic mass is 10.1. The quantitative estimate of drug-likeness (QED) is 0.152. The fourth-order valence-electron chi connectivity index (χ4n) is 5.56. The van der Waals surface area contributed by atoms with Gasteiger partial charge in [-0.15, -0.1) is 0 Å². The number of phosphoric ester groups is 2. The molecule has 0 saturated carbocycles. The Morgan fingerprint density at radius 2 is 1.64 bits per heavy atom. The van der Waals surface area contributed by atoms with Gasteiger partial charge in [-0.1, -0.05) is 0 Å². The Kier molecular flexibility index (Phi) is 7.43. The molecule has 2 aromatic heterocycles. The fourth-order valence-corrected chi connectivity index (χ4v) is 7.46. The highest BCUT2D eigenvalue weighted by atomic mass is 31.2. The molecule has 12 atom stereocenters. The molecule has 5 aliphatic heterocycles. The van der Waals surface area contributed by atoms with Gasteiger partial charge in [0.05, 0.1) is 25.9 Å². The van der Waals surface area contributed by atoms with Gasteiger partial charge in [0.2, 0.25) is 5.95 Å². The second-order valence-corrected chi connectivity index (χ2v) is 13.3. The number of hydrogen-bond donors (Lipinski definition) is 7. The molecule has 244 valence electrons. The van der Waals surface area contributed by atoms with Gasteiger partial charge in [0.1, 0.15) is 54.8 Å². The average molecular weight is 676 g/mol. The van der Waals surface area contributed by atoms with Crippen LogP contribution in [0.15, 0.2) is 26.1 Å². The second kappa shape index (κ2) is 11.0. The third-order valence-electron chi connectivity index (χ3n) is 7.63. The van der Waals surface area contributed by atoms with Crippen LogP contribution in [0.25, 0.3) is 11.2 Å². The molecule has 0 amide bonds. The number of phosphoric acid groups is 2. The van der Waals surface area contributed by atoms with Crippen molar-refractivity contribution in [2.75, 3.05) is 18.9 Å². The van der Waals surface area contributed by atoms with E-state index in [1.165, 1.54) is 17.6 Å². The van der Waals surface area contributed by atoms with E-state index in [2.05, 4.69) is 29.9 Å². The zero-order valence-corrected chi connectivity index (χ0v) is 24.4. The lowest BCUT2D eigenvalue weighted by molar-refractivity contribution is -0.0812. The molecule has 3 saturated heterocycles. The molecule has 5 aliphatic rings. The normalized spacial score (nSPS) is 43.4. The van der Waals surface area contributed by atoms with Gasteiger partial charge in [0, 0.05) is 0 Å². The number of imidazole rings is 1. The zero-order valence-electron chi connectivity index (χ0n) is 22.6. The van der Waals surface area contributed by atoms with Crippen molar-refractivity contribution in [1.82, 2.24) is 24.4 Å². The van der Waals surface area contributed by atoms with Crippen LogP contribution >= 0.6 is 15.6 Å². The summed E-state index contributed by atoms with van der Waals surface area (Å²) in [6.45, 7) is -1.63. The maximum atomic E-state index is 13.2. The topological polar surface area (TPSA) is 326 Å². The number of nitrogens with two attached hydrogens (primary N) is 2. The Hall–Kier alpha value is -3.18. The summed E-state index contributed by atoms with van der Waals surface area (Å²) in [5.74, 6) is -0.127. The zero-order chi connectivity index (χ0) is 31.8. The van der Waals surface area contributed by atoms with E-state index in [1.54, 1.807) is 0 Å². The largest absolute Gasteiger partial charge is 0.472 e. The summed E-state index contributed by atoms with van der Waals surface area (Å²) in [5.41, 5.74) is 10.5. The number of ether oxygens (including phenoxy) is 2. The molecule has 9 N–H and O–H groups in total. The lowest BCUT2D eigenvalue weighted by Crippen LogP contribution is -2.51. The number of rotatable bonds is 2. The molecule has 7 heterocycles. The van der Waals surface area contributed by atoms with Crippen molar-refractivity contribution in [2.45, 2.75) is 61.3 Å². The highest BCUT2D eigenvalue weighted by Gasteiger charge is 2.55. The lowest BCUT2D eigenvalue weighted by Gasteiger charge is -2.32. The van der Waals surface area contributed by atoms with Crippen LogP contribution in [0, 0.1) is 0 Å². The van der Waals surface area contributed by atoms with Crippen LogP contribution in [0.3, 0.4) is 0 Å². The maximum Gasteiger partial charge on any atom is 0.472 e. The third kappa shape index (κ3) is 5.39. The van der Waals surface area contributed by atoms with E-state index in [9.17, 15) is 33.9 Å². The van der Waals surface area contributed by atoms with E-state index in [1.807, 2.05) is 0 Å². The van der Waals surface area contributed by atoms with Crippen molar-refractivity contribution in [1.29, 1.82) is 0 Å². The molecular formula is C20H26N10O13P2. The number of fused-ring (bicyclic) bond motifs is 5. The SMILES string of the molecule is NC1=NC=NC2C1N=CN2[C@@H]1O[C@@H]2COP(=O)(O)O[C@H]3C(O)[C@@H](COP(=O)(O)O[C@@H]2C1O)O[C@H]3n1cnc2c(=O)[nH]c(N)nc21. The first kappa shape index (κ1) is 30.5. The Morgan fingerprint density at radius 1 is 0.956 bits per heavy atom.